The van der Waals surface area contributed by atoms with E-state index in [1.807, 2.05) is 36.5 Å². The van der Waals surface area contributed by atoms with Gasteiger partial charge in [-0.1, -0.05) is 37.3 Å². The van der Waals surface area contributed by atoms with E-state index in [1.165, 1.54) is 12.8 Å². The molecule has 0 aliphatic carbocycles. The lowest BCUT2D eigenvalue weighted by molar-refractivity contribution is 0.153. The van der Waals surface area contributed by atoms with Crippen molar-refractivity contribution in [3.8, 4) is 11.3 Å². The second-order valence-electron chi connectivity index (χ2n) is 5.55. The van der Waals surface area contributed by atoms with Gasteiger partial charge in [-0.05, 0) is 25.9 Å². The Labute approximate surface area is 126 Å². The first-order valence-corrected chi connectivity index (χ1v) is 7.81. The molecule has 1 aliphatic heterocycles. The van der Waals surface area contributed by atoms with Crippen molar-refractivity contribution >= 4 is 0 Å². The third kappa shape index (κ3) is 3.52. The molecule has 3 rings (SSSR count). The molecule has 1 aliphatic rings. The molecule has 0 bridgehead atoms. The minimum Gasteiger partial charge on any atom is -0.439 e. The van der Waals surface area contributed by atoms with Gasteiger partial charge in [0.15, 0.2) is 5.76 Å². The summed E-state index contributed by atoms with van der Waals surface area (Å²) in [5.41, 5.74) is 1.08. The fraction of sp³-hybridized carbons (Fsp3) is 0.471. The molecule has 1 saturated heterocycles. The summed E-state index contributed by atoms with van der Waals surface area (Å²) >= 11 is 0. The van der Waals surface area contributed by atoms with Crippen molar-refractivity contribution in [2.24, 2.45) is 0 Å². The average molecular weight is 285 g/mol. The van der Waals surface area contributed by atoms with Crippen molar-refractivity contribution < 1.29 is 4.42 Å². The molecule has 0 radical (unpaired) electrons. The Morgan fingerprint density at radius 2 is 2.19 bits per heavy atom. The van der Waals surface area contributed by atoms with Crippen LogP contribution in [0.25, 0.3) is 11.3 Å². The quantitative estimate of drug-likeness (QED) is 0.917. The van der Waals surface area contributed by atoms with Gasteiger partial charge in [0.25, 0.3) is 0 Å². The zero-order valence-electron chi connectivity index (χ0n) is 12.6. The number of likely N-dealkylation sites (N-methyl/N-ethyl adjacent to an activating group) is 1. The van der Waals surface area contributed by atoms with E-state index in [0.29, 0.717) is 6.04 Å². The molecule has 112 valence electrons. The van der Waals surface area contributed by atoms with Gasteiger partial charge in [-0.2, -0.15) is 0 Å². The molecule has 0 saturated carbocycles. The number of aromatic nitrogens is 1. The second kappa shape index (κ2) is 6.87. The van der Waals surface area contributed by atoms with Gasteiger partial charge in [-0.3, -0.25) is 4.90 Å². The van der Waals surface area contributed by atoms with Crippen molar-refractivity contribution in [3.63, 3.8) is 0 Å². The number of oxazole rings is 1. The lowest BCUT2D eigenvalue weighted by atomic mass is 10.1. The van der Waals surface area contributed by atoms with E-state index in [2.05, 4.69) is 22.1 Å². The predicted octanol–water partition coefficient (Wildman–Crippen LogP) is 2.92. The highest BCUT2D eigenvalue weighted by molar-refractivity contribution is 5.55. The maximum atomic E-state index is 5.92. The normalized spacial score (nSPS) is 19.0. The molecule has 1 unspecified atom stereocenters. The summed E-state index contributed by atoms with van der Waals surface area (Å²) in [6, 6.07) is 10.7. The van der Waals surface area contributed by atoms with E-state index >= 15 is 0 Å². The van der Waals surface area contributed by atoms with Crippen molar-refractivity contribution in [2.75, 3.05) is 19.6 Å². The smallest absolute Gasteiger partial charge is 0.209 e. The van der Waals surface area contributed by atoms with Crippen LogP contribution in [0.1, 0.15) is 25.7 Å². The summed E-state index contributed by atoms with van der Waals surface area (Å²) in [5.74, 6) is 1.66. The molecule has 2 aromatic rings. The Morgan fingerprint density at radius 1 is 1.33 bits per heavy atom. The van der Waals surface area contributed by atoms with Gasteiger partial charge in [-0.25, -0.2) is 4.98 Å². The van der Waals surface area contributed by atoms with Gasteiger partial charge in [0.1, 0.15) is 0 Å². The molecule has 4 heteroatoms. The van der Waals surface area contributed by atoms with E-state index in [9.17, 15) is 0 Å². The van der Waals surface area contributed by atoms with Crippen LogP contribution in [0, 0.1) is 0 Å². The van der Waals surface area contributed by atoms with Crippen LogP contribution in [-0.2, 0) is 6.54 Å². The van der Waals surface area contributed by atoms with Crippen molar-refractivity contribution in [3.05, 3.63) is 42.4 Å². The van der Waals surface area contributed by atoms with Crippen LogP contribution >= 0.6 is 0 Å². The first-order valence-electron chi connectivity index (χ1n) is 7.81. The number of hydrogen-bond acceptors (Lipinski definition) is 4. The SMILES string of the molecule is CCN(Cc1ncc(-c2ccccc2)o1)C1CCCNC1. The summed E-state index contributed by atoms with van der Waals surface area (Å²) in [6.07, 6.45) is 4.34. The highest BCUT2D eigenvalue weighted by Gasteiger charge is 2.21. The first-order chi connectivity index (χ1) is 10.4. The highest BCUT2D eigenvalue weighted by Crippen LogP contribution is 2.21. The molecule has 4 nitrogen and oxygen atoms in total. The standard InChI is InChI=1S/C17H23N3O/c1-2-20(15-9-6-10-18-11-15)13-17-19-12-16(21-17)14-7-4-3-5-8-14/h3-5,7-8,12,15,18H,2,6,9-11,13H2,1H3. The van der Waals surface area contributed by atoms with Crippen molar-refractivity contribution in [1.29, 1.82) is 0 Å². The third-order valence-electron chi connectivity index (χ3n) is 4.14. The van der Waals surface area contributed by atoms with E-state index in [1.54, 1.807) is 0 Å². The number of nitrogens with one attached hydrogen (secondary N) is 1. The topological polar surface area (TPSA) is 41.3 Å². The van der Waals surface area contributed by atoms with E-state index in [4.69, 9.17) is 4.42 Å². The summed E-state index contributed by atoms with van der Waals surface area (Å²) in [6.45, 7) is 6.23. The maximum absolute atomic E-state index is 5.92. The lowest BCUT2D eigenvalue weighted by Gasteiger charge is -2.32. The first kappa shape index (κ1) is 14.3. The summed E-state index contributed by atoms with van der Waals surface area (Å²) in [5, 5.41) is 3.47. The lowest BCUT2D eigenvalue weighted by Crippen LogP contribution is -2.45. The molecule has 1 aromatic heterocycles. The molecule has 1 atom stereocenters. The molecule has 1 fully saturated rings. The maximum Gasteiger partial charge on any atom is 0.209 e. The van der Waals surface area contributed by atoms with Gasteiger partial charge in [0.2, 0.25) is 5.89 Å². The summed E-state index contributed by atoms with van der Waals surface area (Å²) in [7, 11) is 0. The average Bonchev–Trinajstić information content (AvgIpc) is 3.03. The monoisotopic (exact) mass is 285 g/mol. The van der Waals surface area contributed by atoms with Gasteiger partial charge in [0.05, 0.1) is 12.7 Å². The molecule has 0 spiro atoms. The number of hydrogen-bond donors (Lipinski definition) is 1. The van der Waals surface area contributed by atoms with Crippen LogP contribution in [0.15, 0.2) is 40.9 Å². The fourth-order valence-electron chi connectivity index (χ4n) is 2.94. The zero-order valence-corrected chi connectivity index (χ0v) is 12.6. The van der Waals surface area contributed by atoms with Crippen molar-refractivity contribution in [2.45, 2.75) is 32.4 Å². The Morgan fingerprint density at radius 3 is 2.90 bits per heavy atom. The zero-order chi connectivity index (χ0) is 14.5. The number of nitrogens with zero attached hydrogens (tertiary/aromatic N) is 2. The summed E-state index contributed by atoms with van der Waals surface area (Å²) in [4.78, 5) is 6.90. The van der Waals surface area contributed by atoms with Crippen LogP contribution in [0.5, 0.6) is 0 Å². The third-order valence-corrected chi connectivity index (χ3v) is 4.14. The Kier molecular flexibility index (Phi) is 4.68. The number of rotatable bonds is 5. The molecule has 1 N–H and O–H groups in total. The highest BCUT2D eigenvalue weighted by atomic mass is 16.4. The Hall–Kier alpha value is -1.65. The Bertz CT molecular complexity index is 546. The predicted molar refractivity (Wildman–Crippen MR) is 83.9 cm³/mol. The van der Waals surface area contributed by atoms with Gasteiger partial charge in [0, 0.05) is 18.2 Å². The van der Waals surface area contributed by atoms with Gasteiger partial charge in [-0.15, -0.1) is 0 Å². The van der Waals surface area contributed by atoms with Gasteiger partial charge < -0.3 is 9.73 Å². The second-order valence-corrected chi connectivity index (χ2v) is 5.55. The van der Waals surface area contributed by atoms with E-state index in [0.717, 1.165) is 43.4 Å². The summed E-state index contributed by atoms with van der Waals surface area (Å²) < 4.78 is 5.92. The Balaban J connectivity index is 1.68. The number of piperidine rings is 1. The minimum atomic E-state index is 0.593. The van der Waals surface area contributed by atoms with Crippen molar-refractivity contribution in [1.82, 2.24) is 15.2 Å². The molecule has 1 aromatic carbocycles. The fourth-order valence-corrected chi connectivity index (χ4v) is 2.94. The molecule has 21 heavy (non-hydrogen) atoms. The molecule has 2 heterocycles. The van der Waals surface area contributed by atoms with E-state index in [-0.39, 0.29) is 0 Å². The molecule has 0 amide bonds. The molecular formula is C17H23N3O. The minimum absolute atomic E-state index is 0.593. The van der Waals surface area contributed by atoms with Crippen LogP contribution in [0.3, 0.4) is 0 Å². The van der Waals surface area contributed by atoms with Crippen LogP contribution in [0.2, 0.25) is 0 Å². The van der Waals surface area contributed by atoms with Crippen LogP contribution in [-0.4, -0.2) is 35.6 Å². The van der Waals surface area contributed by atoms with Crippen LogP contribution in [0.4, 0.5) is 0 Å². The van der Waals surface area contributed by atoms with E-state index < -0.39 is 0 Å². The number of benzene rings is 1. The largest absolute Gasteiger partial charge is 0.439 e. The van der Waals surface area contributed by atoms with Gasteiger partial charge >= 0.3 is 0 Å². The molecular weight excluding hydrogens is 262 g/mol. The van der Waals surface area contributed by atoms with Crippen LogP contribution < -0.4 is 5.32 Å².